The maximum Gasteiger partial charge on any atom is 0.0541 e. The Morgan fingerprint density at radius 1 is 0.584 bits per heavy atom. The lowest BCUT2D eigenvalue weighted by Crippen LogP contribution is -2.09. The summed E-state index contributed by atoms with van der Waals surface area (Å²) in [6.07, 6.45) is 38.9. The van der Waals surface area contributed by atoms with Gasteiger partial charge in [-0.1, -0.05) is 219 Å². The van der Waals surface area contributed by atoms with Crippen molar-refractivity contribution in [2.75, 3.05) is 0 Å². The first kappa shape index (κ1) is 53.7. The molecule has 0 bridgehead atoms. The van der Waals surface area contributed by atoms with Crippen molar-refractivity contribution < 1.29 is 0 Å². The number of hydrogen-bond acceptors (Lipinski definition) is 2. The number of benzene rings is 10. The van der Waals surface area contributed by atoms with Gasteiger partial charge >= 0.3 is 0 Å². The first-order valence-electron chi connectivity index (χ1n) is 31.7. The van der Waals surface area contributed by atoms with Gasteiger partial charge in [-0.2, -0.15) is 0 Å². The SMILES string of the molecule is C=C/C(=C\C=C/CC1=Cc2c3c(c4ccccc4c2CC1)CCC=C3)n1c2ccc(-c3c(C)c(-c4ccccc4)cc4c3SC3C=CC(c5ccccc5)=CC43)cc2c2cc(-c3cc(-c4ccccc4)cc4c3sc3ccc(C5C=CC=CC5)cc34)ccc21. The molecule has 426 valence electrons. The number of thiophene rings is 1. The van der Waals surface area contributed by atoms with Crippen molar-refractivity contribution in [3.63, 3.8) is 0 Å². The Hall–Kier alpha value is -9.51. The van der Waals surface area contributed by atoms with Gasteiger partial charge in [0.1, 0.15) is 0 Å². The molecular weight excluding hydrogens is 1110 g/mol. The largest absolute Gasteiger partial charge is 0.309 e. The van der Waals surface area contributed by atoms with E-state index in [2.05, 4.69) is 285 Å². The highest BCUT2D eigenvalue weighted by Crippen LogP contribution is 2.56. The second kappa shape index (κ2) is 22.3. The van der Waals surface area contributed by atoms with Gasteiger partial charge in [0, 0.05) is 64.2 Å². The Labute approximate surface area is 529 Å². The first-order valence-corrected chi connectivity index (χ1v) is 33.4. The van der Waals surface area contributed by atoms with Gasteiger partial charge in [-0.15, -0.1) is 23.1 Å². The maximum atomic E-state index is 4.54. The molecule has 12 aromatic rings. The van der Waals surface area contributed by atoms with Crippen LogP contribution in [0.5, 0.6) is 0 Å². The van der Waals surface area contributed by atoms with Gasteiger partial charge in [0.2, 0.25) is 0 Å². The van der Waals surface area contributed by atoms with Gasteiger partial charge in [-0.25, -0.2) is 0 Å². The molecule has 0 amide bonds. The highest BCUT2D eigenvalue weighted by atomic mass is 32.2. The molecule has 0 fully saturated rings. The Morgan fingerprint density at radius 3 is 2.07 bits per heavy atom. The van der Waals surface area contributed by atoms with Crippen LogP contribution in [0.4, 0.5) is 0 Å². The van der Waals surface area contributed by atoms with Gasteiger partial charge in [-0.05, 0) is 212 Å². The smallest absolute Gasteiger partial charge is 0.0541 e. The summed E-state index contributed by atoms with van der Waals surface area (Å²) in [6, 6.07) is 71.2. The molecular formula is C86H65NS2. The van der Waals surface area contributed by atoms with E-state index in [1.54, 1.807) is 0 Å². The standard InChI is InChI=1S/C86H65NS2/c1-3-65(31-17-16-22-55-36-41-70-68-34-19-18-32-66(68)67-33-20-21-35-69(67)73(70)46-55)87-80-42-37-62(72-51-64(58-27-12-6-13-28-58)52-78-76-47-60(56-23-8-4-9-24-56)39-44-82(76)88-85(72)78)49-74(80)75-50-63(38-43-81(75)87)84-54(2)71(59-29-14-7-15-30-59)53-79-77-48-61(57-25-10-5-11-26-57)40-45-83(77)89-86(79)84/h3-19,21,23,25-32,34-35,37-40,42-53,56,77,83H,1,20,22,24,33,36,41H2,2H3/b17-16-,65-31+. The Kier molecular flexibility index (Phi) is 13.4. The summed E-state index contributed by atoms with van der Waals surface area (Å²) in [5.74, 6) is 0.619. The van der Waals surface area contributed by atoms with Crippen LogP contribution >= 0.6 is 23.1 Å². The molecule has 0 radical (unpaired) electrons. The summed E-state index contributed by atoms with van der Waals surface area (Å²) in [5, 5.41) is 8.27. The number of thioether (sulfide) groups is 1. The number of rotatable bonds is 11. The molecule has 0 saturated carbocycles. The zero-order valence-corrected chi connectivity index (χ0v) is 51.6. The van der Waals surface area contributed by atoms with Crippen molar-refractivity contribution in [2.45, 2.75) is 67.4 Å². The van der Waals surface area contributed by atoms with Crippen LogP contribution in [0.15, 0.2) is 278 Å². The fraction of sp³-hybridized carbons (Fsp3) is 0.116. The minimum Gasteiger partial charge on any atom is -0.309 e. The van der Waals surface area contributed by atoms with E-state index in [4.69, 9.17) is 0 Å². The molecule has 89 heavy (non-hydrogen) atoms. The molecule has 0 N–H and O–H groups in total. The van der Waals surface area contributed by atoms with Crippen LogP contribution in [0.3, 0.4) is 0 Å². The van der Waals surface area contributed by atoms with E-state index in [1.807, 2.05) is 29.2 Å². The fourth-order valence-corrected chi connectivity index (χ4v) is 18.0. The molecule has 5 aliphatic rings. The van der Waals surface area contributed by atoms with Gasteiger partial charge in [0.05, 0.1) is 11.0 Å². The Bertz CT molecular complexity index is 5180. The third kappa shape index (κ3) is 9.28. The van der Waals surface area contributed by atoms with Crippen molar-refractivity contribution in [3.8, 4) is 44.5 Å². The zero-order chi connectivity index (χ0) is 59.1. The zero-order valence-electron chi connectivity index (χ0n) is 49.9. The average Bonchev–Trinajstić information content (AvgIpc) is 1.76. The van der Waals surface area contributed by atoms with Gasteiger partial charge in [0.25, 0.3) is 0 Å². The minimum atomic E-state index is 0.247. The summed E-state index contributed by atoms with van der Waals surface area (Å²) < 4.78 is 5.10. The molecule has 10 aromatic carbocycles. The van der Waals surface area contributed by atoms with Crippen LogP contribution in [-0.2, 0) is 12.8 Å². The summed E-state index contributed by atoms with van der Waals surface area (Å²) in [7, 11) is 0. The molecule has 1 nitrogen and oxygen atoms in total. The number of hydrogen-bond donors (Lipinski definition) is 0. The Morgan fingerprint density at radius 2 is 1.30 bits per heavy atom. The van der Waals surface area contributed by atoms with E-state index in [0.717, 1.165) is 55.3 Å². The molecule has 17 rings (SSSR count). The second-order valence-corrected chi connectivity index (χ2v) is 27.0. The van der Waals surface area contributed by atoms with Crippen molar-refractivity contribution in [2.24, 2.45) is 0 Å². The number of allylic oxidation sites excluding steroid dienone is 14. The number of fused-ring (bicyclic) bond motifs is 15. The summed E-state index contributed by atoms with van der Waals surface area (Å²) in [4.78, 5) is 1.39. The van der Waals surface area contributed by atoms with Gasteiger partial charge < -0.3 is 4.57 Å². The lowest BCUT2D eigenvalue weighted by atomic mass is 9.79. The van der Waals surface area contributed by atoms with Gasteiger partial charge in [-0.3, -0.25) is 0 Å². The third-order valence-electron chi connectivity index (χ3n) is 19.7. The van der Waals surface area contributed by atoms with E-state index in [9.17, 15) is 0 Å². The minimum absolute atomic E-state index is 0.247. The molecule has 2 aromatic heterocycles. The van der Waals surface area contributed by atoms with E-state index < -0.39 is 0 Å². The normalized spacial score (nSPS) is 17.6. The third-order valence-corrected chi connectivity index (χ3v) is 22.3. The van der Waals surface area contributed by atoms with Crippen molar-refractivity contribution >= 4 is 99.3 Å². The van der Waals surface area contributed by atoms with Crippen LogP contribution in [-0.4, -0.2) is 9.82 Å². The van der Waals surface area contributed by atoms with Crippen LogP contribution in [0.1, 0.15) is 82.0 Å². The molecule has 0 spiro atoms. The lowest BCUT2D eigenvalue weighted by molar-refractivity contribution is 0.856. The number of aryl methyl sites for hydroxylation is 2. The van der Waals surface area contributed by atoms with E-state index in [-0.39, 0.29) is 5.92 Å². The van der Waals surface area contributed by atoms with Crippen LogP contribution in [0.2, 0.25) is 0 Å². The summed E-state index contributed by atoms with van der Waals surface area (Å²) in [6.45, 7) is 6.90. The van der Waals surface area contributed by atoms with E-state index >= 15 is 0 Å². The van der Waals surface area contributed by atoms with Crippen LogP contribution in [0.25, 0.3) is 121 Å². The van der Waals surface area contributed by atoms with Crippen molar-refractivity contribution in [1.29, 1.82) is 0 Å². The molecule has 3 heterocycles. The van der Waals surface area contributed by atoms with Crippen molar-refractivity contribution in [1.82, 2.24) is 4.57 Å². The van der Waals surface area contributed by atoms with Crippen LogP contribution in [0, 0.1) is 6.92 Å². The average molecular weight is 1180 g/mol. The lowest BCUT2D eigenvalue weighted by Gasteiger charge is -2.25. The molecule has 4 aliphatic carbocycles. The summed E-state index contributed by atoms with van der Waals surface area (Å²) in [5.41, 5.74) is 27.4. The highest BCUT2D eigenvalue weighted by molar-refractivity contribution is 8.00. The molecule has 0 saturated heterocycles. The van der Waals surface area contributed by atoms with E-state index in [1.165, 1.54) is 147 Å². The van der Waals surface area contributed by atoms with E-state index in [0.29, 0.717) is 11.2 Å². The van der Waals surface area contributed by atoms with Gasteiger partial charge in [0.15, 0.2) is 0 Å². The molecule has 1 aliphatic heterocycles. The molecule has 3 atom stereocenters. The Balaban J connectivity index is 0.836. The number of aromatic nitrogens is 1. The number of nitrogens with zero attached hydrogens (tertiary/aromatic N) is 1. The fourth-order valence-electron chi connectivity index (χ4n) is 15.3. The topological polar surface area (TPSA) is 4.93 Å². The van der Waals surface area contributed by atoms with Crippen LogP contribution < -0.4 is 0 Å². The van der Waals surface area contributed by atoms with Crippen molar-refractivity contribution in [3.05, 3.63) is 318 Å². The highest BCUT2D eigenvalue weighted by Gasteiger charge is 2.36. The molecule has 3 unspecified atom stereocenters. The summed E-state index contributed by atoms with van der Waals surface area (Å²) >= 11 is 3.96. The molecule has 3 heteroatoms. The second-order valence-electron chi connectivity index (χ2n) is 24.7. The maximum absolute atomic E-state index is 4.54. The predicted octanol–water partition coefficient (Wildman–Crippen LogP) is 24.1. The quantitative estimate of drug-likeness (QED) is 0.117. The first-order chi connectivity index (χ1) is 44.0. The predicted molar refractivity (Wildman–Crippen MR) is 386 cm³/mol. The monoisotopic (exact) mass is 1180 g/mol.